The first-order valence-electron chi connectivity index (χ1n) is 23.5. The molecule has 0 amide bonds. The van der Waals surface area contributed by atoms with Gasteiger partial charge in [-0.05, 0) is 44.9 Å². The summed E-state index contributed by atoms with van der Waals surface area (Å²) in [5, 5.41) is 0. The number of hydrogen-bond acceptors (Lipinski definition) is 8. The topological polar surface area (TPSA) is 134 Å². The number of nitrogens with two attached hydrogens (primary N) is 1. The molecule has 0 radical (unpaired) electrons. The molecule has 0 aliphatic heterocycles. The quantitative estimate of drug-likeness (QED) is 0.0266. The summed E-state index contributed by atoms with van der Waals surface area (Å²) in [7, 11) is -4.39. The third kappa shape index (κ3) is 43.6. The molecule has 2 atom stereocenters. The van der Waals surface area contributed by atoms with Crippen LogP contribution in [-0.2, 0) is 32.7 Å². The monoisotopic (exact) mass is 826 g/mol. The molecule has 0 fully saturated rings. The predicted molar refractivity (Wildman–Crippen MR) is 238 cm³/mol. The van der Waals surface area contributed by atoms with Crippen molar-refractivity contribution in [2.75, 3.05) is 26.4 Å². The lowest BCUT2D eigenvalue weighted by Gasteiger charge is -2.19. The van der Waals surface area contributed by atoms with Crippen molar-refractivity contribution < 1.29 is 37.6 Å². The summed E-state index contributed by atoms with van der Waals surface area (Å²) in [6, 6.07) is 0. The lowest BCUT2D eigenvalue weighted by Crippen LogP contribution is -2.29. The minimum atomic E-state index is -4.39. The van der Waals surface area contributed by atoms with Crippen molar-refractivity contribution in [2.45, 2.75) is 225 Å². The molecule has 1 unspecified atom stereocenters. The molecule has 0 aliphatic carbocycles. The highest BCUT2D eigenvalue weighted by Gasteiger charge is 2.26. The Bertz CT molecular complexity index is 1030. The van der Waals surface area contributed by atoms with Gasteiger partial charge in [-0.15, -0.1) is 0 Å². The van der Waals surface area contributed by atoms with E-state index in [1.807, 2.05) is 0 Å². The number of carbonyl (C=O) groups excluding carboxylic acids is 2. The smallest absolute Gasteiger partial charge is 0.462 e. The number of phosphoric ester groups is 1. The van der Waals surface area contributed by atoms with Gasteiger partial charge in [0, 0.05) is 19.4 Å². The van der Waals surface area contributed by atoms with Crippen LogP contribution in [0.15, 0.2) is 36.5 Å². The van der Waals surface area contributed by atoms with E-state index in [1.165, 1.54) is 141 Å². The fourth-order valence-electron chi connectivity index (χ4n) is 6.53. The number of hydrogen-bond donors (Lipinski definition) is 2. The van der Waals surface area contributed by atoms with Crippen LogP contribution >= 0.6 is 7.82 Å². The molecule has 57 heavy (non-hydrogen) atoms. The largest absolute Gasteiger partial charge is 0.472 e. The maximum atomic E-state index is 12.6. The van der Waals surface area contributed by atoms with Crippen molar-refractivity contribution in [3.8, 4) is 0 Å². The molecule has 0 aromatic carbocycles. The Hall–Kier alpha value is -1.77. The van der Waals surface area contributed by atoms with Crippen LogP contribution in [0.5, 0.6) is 0 Å². The van der Waals surface area contributed by atoms with E-state index in [2.05, 4.69) is 50.3 Å². The van der Waals surface area contributed by atoms with Gasteiger partial charge >= 0.3 is 19.8 Å². The summed E-state index contributed by atoms with van der Waals surface area (Å²) in [5.41, 5.74) is 5.35. The van der Waals surface area contributed by atoms with Crippen LogP contribution in [-0.4, -0.2) is 49.3 Å². The van der Waals surface area contributed by atoms with Crippen LogP contribution in [0.1, 0.15) is 219 Å². The molecule has 9 nitrogen and oxygen atoms in total. The van der Waals surface area contributed by atoms with E-state index in [0.717, 1.165) is 38.5 Å². The van der Waals surface area contributed by atoms with E-state index in [1.54, 1.807) is 0 Å². The van der Waals surface area contributed by atoms with E-state index >= 15 is 0 Å². The van der Waals surface area contributed by atoms with Crippen LogP contribution in [0.3, 0.4) is 0 Å². The van der Waals surface area contributed by atoms with E-state index < -0.39 is 32.5 Å². The first-order chi connectivity index (χ1) is 27.8. The lowest BCUT2D eigenvalue weighted by atomic mass is 10.0. The summed E-state index contributed by atoms with van der Waals surface area (Å²) in [6.07, 6.45) is 49.0. The number of phosphoric acid groups is 1. The molecular weight excluding hydrogens is 737 g/mol. The number of allylic oxidation sites excluding steroid dienone is 6. The molecule has 0 spiro atoms. The number of rotatable bonds is 44. The Morgan fingerprint density at radius 1 is 0.526 bits per heavy atom. The van der Waals surface area contributed by atoms with E-state index in [0.29, 0.717) is 12.8 Å². The van der Waals surface area contributed by atoms with Gasteiger partial charge in [0.15, 0.2) is 6.10 Å². The lowest BCUT2D eigenvalue weighted by molar-refractivity contribution is -0.161. The van der Waals surface area contributed by atoms with Gasteiger partial charge in [0.05, 0.1) is 13.2 Å². The second kappa shape index (κ2) is 43.8. The van der Waals surface area contributed by atoms with Crippen molar-refractivity contribution in [3.63, 3.8) is 0 Å². The maximum Gasteiger partial charge on any atom is 0.472 e. The van der Waals surface area contributed by atoms with E-state index in [9.17, 15) is 19.0 Å². The second-order valence-corrected chi connectivity index (χ2v) is 17.1. The van der Waals surface area contributed by atoms with Crippen LogP contribution < -0.4 is 5.73 Å². The van der Waals surface area contributed by atoms with Gasteiger partial charge in [0.25, 0.3) is 0 Å². The molecule has 0 aromatic rings. The van der Waals surface area contributed by atoms with Crippen molar-refractivity contribution in [1.82, 2.24) is 0 Å². The van der Waals surface area contributed by atoms with Gasteiger partial charge in [-0.2, -0.15) is 0 Å². The Labute approximate surface area is 350 Å². The fraction of sp³-hybridized carbons (Fsp3) is 0.830. The average Bonchev–Trinajstić information content (AvgIpc) is 3.20. The highest BCUT2D eigenvalue weighted by Crippen LogP contribution is 2.43. The second-order valence-electron chi connectivity index (χ2n) is 15.6. The van der Waals surface area contributed by atoms with Crippen molar-refractivity contribution >= 4 is 19.8 Å². The zero-order valence-corrected chi connectivity index (χ0v) is 37.7. The summed E-state index contributed by atoms with van der Waals surface area (Å²) in [4.78, 5) is 34.9. The van der Waals surface area contributed by atoms with E-state index in [-0.39, 0.29) is 32.6 Å². The molecule has 0 rings (SSSR count). The van der Waals surface area contributed by atoms with Gasteiger partial charge in [-0.3, -0.25) is 18.6 Å². The minimum absolute atomic E-state index is 0.0479. The van der Waals surface area contributed by atoms with Crippen LogP contribution in [0.2, 0.25) is 0 Å². The Kier molecular flexibility index (Phi) is 42.4. The minimum Gasteiger partial charge on any atom is -0.462 e. The summed E-state index contributed by atoms with van der Waals surface area (Å²) >= 11 is 0. The van der Waals surface area contributed by atoms with Crippen LogP contribution in [0, 0.1) is 0 Å². The zero-order chi connectivity index (χ0) is 41.8. The summed E-state index contributed by atoms with van der Waals surface area (Å²) < 4.78 is 32.8. The highest BCUT2D eigenvalue weighted by atomic mass is 31.2. The van der Waals surface area contributed by atoms with Crippen molar-refractivity contribution in [1.29, 1.82) is 0 Å². The van der Waals surface area contributed by atoms with Gasteiger partial charge in [0.2, 0.25) is 0 Å². The standard InChI is InChI=1S/C47H88NO8P/c1-3-5-7-9-11-13-15-17-19-21-22-24-26-28-30-32-34-36-38-40-47(50)56-45(44-55-57(51,52)54-42-41-48)43-53-46(49)39-37-35-33-31-29-27-25-23-20-18-16-14-12-10-8-6-4-2/h18,20,25,27,31,33,45H,3-17,19,21-24,26,28-30,32,34-44,48H2,1-2H3,(H,51,52)/b20-18-,27-25-,33-31-/t45-/m1/s1. The molecule has 3 N–H and O–H groups in total. The molecule has 0 saturated carbocycles. The van der Waals surface area contributed by atoms with Crippen molar-refractivity contribution in [3.05, 3.63) is 36.5 Å². The van der Waals surface area contributed by atoms with Gasteiger partial charge in [-0.25, -0.2) is 4.57 Å². The molecule has 0 heterocycles. The molecule has 10 heteroatoms. The third-order valence-electron chi connectivity index (χ3n) is 10.0. The number of unbranched alkanes of at least 4 members (excludes halogenated alkanes) is 25. The SMILES string of the molecule is CCCCCCCC/C=C\C/C=C\C/C=C\CCCC(=O)OC[C@H](COP(=O)(O)OCCN)OC(=O)CCCCCCCCCCCCCCCCCCCCC. The molecule has 0 saturated heterocycles. The Morgan fingerprint density at radius 3 is 1.40 bits per heavy atom. The summed E-state index contributed by atoms with van der Waals surface area (Å²) in [5.74, 6) is -0.881. The third-order valence-corrected chi connectivity index (χ3v) is 11.0. The van der Waals surface area contributed by atoms with Gasteiger partial charge in [-0.1, -0.05) is 198 Å². The molecular formula is C47H88NO8P. The van der Waals surface area contributed by atoms with E-state index in [4.69, 9.17) is 24.3 Å². The zero-order valence-electron chi connectivity index (χ0n) is 36.8. The molecule has 0 aromatic heterocycles. The fourth-order valence-corrected chi connectivity index (χ4v) is 7.30. The molecule has 334 valence electrons. The molecule has 0 aliphatic rings. The number of ether oxygens (including phenoxy) is 2. The van der Waals surface area contributed by atoms with Crippen molar-refractivity contribution in [2.24, 2.45) is 5.73 Å². The predicted octanol–water partition coefficient (Wildman–Crippen LogP) is 13.7. The number of carbonyl (C=O) groups is 2. The normalized spacial score (nSPS) is 13.5. The maximum absolute atomic E-state index is 12.6. The first-order valence-corrected chi connectivity index (χ1v) is 25.0. The Morgan fingerprint density at radius 2 is 0.930 bits per heavy atom. The molecule has 0 bridgehead atoms. The number of esters is 2. The van der Waals surface area contributed by atoms with Gasteiger partial charge in [0.1, 0.15) is 6.61 Å². The average molecular weight is 826 g/mol. The summed E-state index contributed by atoms with van der Waals surface area (Å²) in [6.45, 7) is 3.70. The van der Waals surface area contributed by atoms with Gasteiger partial charge < -0.3 is 20.1 Å². The van der Waals surface area contributed by atoms with Crippen LogP contribution in [0.4, 0.5) is 0 Å². The van der Waals surface area contributed by atoms with Crippen LogP contribution in [0.25, 0.3) is 0 Å². The Balaban J connectivity index is 4.15. The first kappa shape index (κ1) is 55.2. The highest BCUT2D eigenvalue weighted by molar-refractivity contribution is 7.47.